The van der Waals surface area contributed by atoms with Gasteiger partial charge in [0.2, 0.25) is 0 Å². The molecule has 0 spiro atoms. The quantitative estimate of drug-likeness (QED) is 0.169. The fourth-order valence-electron chi connectivity index (χ4n) is 3.18. The summed E-state index contributed by atoms with van der Waals surface area (Å²) in [6.07, 6.45) is 2.11. The standard InChI is InChI=1S/C28H25NS2/c1-21(2)22-12-15-25(16-13-22)29-28(18-19-30-26-10-4-3-5-11-26)31-27-17-14-23-8-6-7-9-24(23)20-27/h3-21H,1-2H3. The Kier molecular flexibility index (Phi) is 7.29. The van der Waals surface area contributed by atoms with Crippen molar-refractivity contribution < 1.29 is 0 Å². The number of benzene rings is 4. The third kappa shape index (κ3) is 6.13. The Labute approximate surface area is 193 Å². The second-order valence-corrected chi connectivity index (χ2v) is 9.61. The lowest BCUT2D eigenvalue weighted by Gasteiger charge is -2.07. The van der Waals surface area contributed by atoms with Crippen molar-refractivity contribution in [1.82, 2.24) is 0 Å². The maximum atomic E-state index is 4.95. The molecule has 0 aliphatic carbocycles. The molecule has 154 valence electrons. The molecule has 3 heteroatoms. The minimum absolute atomic E-state index is 0.520. The van der Waals surface area contributed by atoms with Gasteiger partial charge in [-0.1, -0.05) is 98.0 Å². The number of fused-ring (bicyclic) bond motifs is 1. The van der Waals surface area contributed by atoms with Gasteiger partial charge < -0.3 is 0 Å². The van der Waals surface area contributed by atoms with Crippen molar-refractivity contribution in [3.63, 3.8) is 0 Å². The van der Waals surface area contributed by atoms with E-state index in [-0.39, 0.29) is 0 Å². The molecule has 0 atom stereocenters. The minimum atomic E-state index is 0.520. The molecule has 31 heavy (non-hydrogen) atoms. The number of hydrogen-bond acceptors (Lipinski definition) is 3. The van der Waals surface area contributed by atoms with Gasteiger partial charge in [0, 0.05) is 9.79 Å². The maximum Gasteiger partial charge on any atom is 0.102 e. The summed E-state index contributed by atoms with van der Waals surface area (Å²) < 4.78 is 0. The zero-order chi connectivity index (χ0) is 21.5. The Morgan fingerprint density at radius 1 is 0.742 bits per heavy atom. The lowest BCUT2D eigenvalue weighted by Crippen LogP contribution is -1.88. The van der Waals surface area contributed by atoms with E-state index in [1.165, 1.54) is 26.1 Å². The van der Waals surface area contributed by atoms with E-state index in [2.05, 4.69) is 116 Å². The van der Waals surface area contributed by atoms with Crippen LogP contribution in [0.1, 0.15) is 25.3 Å². The minimum Gasteiger partial charge on any atom is -0.242 e. The Morgan fingerprint density at radius 2 is 1.45 bits per heavy atom. The average Bonchev–Trinajstić information content (AvgIpc) is 2.80. The summed E-state index contributed by atoms with van der Waals surface area (Å²) in [6.45, 7) is 4.42. The van der Waals surface area contributed by atoms with E-state index in [0.29, 0.717) is 5.92 Å². The molecule has 0 bridgehead atoms. The lowest BCUT2D eigenvalue weighted by atomic mass is 10.0. The van der Waals surface area contributed by atoms with Gasteiger partial charge in [-0.15, -0.1) is 0 Å². The molecule has 4 rings (SSSR count). The summed E-state index contributed by atoms with van der Waals surface area (Å²) in [5, 5.41) is 5.58. The first-order chi connectivity index (χ1) is 15.2. The number of nitrogens with zero attached hydrogens (tertiary/aromatic N) is 1. The number of hydrogen-bond donors (Lipinski definition) is 0. The van der Waals surface area contributed by atoms with Crippen molar-refractivity contribution in [3.05, 3.63) is 114 Å². The Bertz CT molecular complexity index is 1190. The average molecular weight is 440 g/mol. The van der Waals surface area contributed by atoms with Crippen molar-refractivity contribution in [3.8, 4) is 0 Å². The largest absolute Gasteiger partial charge is 0.242 e. The third-order valence-electron chi connectivity index (χ3n) is 4.90. The molecule has 0 aromatic heterocycles. The van der Waals surface area contributed by atoms with Crippen molar-refractivity contribution in [2.75, 3.05) is 0 Å². The Morgan fingerprint density at radius 3 is 2.19 bits per heavy atom. The Balaban J connectivity index is 1.60. The number of thioether (sulfide) groups is 2. The van der Waals surface area contributed by atoms with Gasteiger partial charge in [0.1, 0.15) is 5.04 Å². The van der Waals surface area contributed by atoms with Crippen LogP contribution in [0.15, 0.2) is 123 Å². The van der Waals surface area contributed by atoms with Gasteiger partial charge >= 0.3 is 0 Å². The van der Waals surface area contributed by atoms with Crippen LogP contribution < -0.4 is 0 Å². The van der Waals surface area contributed by atoms with Crippen LogP contribution in [0.25, 0.3) is 10.8 Å². The fourth-order valence-corrected chi connectivity index (χ4v) is 4.78. The molecule has 0 aliphatic rings. The SMILES string of the molecule is CC(C)c1ccc(N=C(C=CSc2ccccc2)Sc2ccc3ccccc3c2)cc1. The van der Waals surface area contributed by atoms with Gasteiger partial charge in [-0.2, -0.15) is 0 Å². The van der Waals surface area contributed by atoms with E-state index in [4.69, 9.17) is 4.99 Å². The molecule has 0 aliphatic heterocycles. The number of aliphatic imine (C=N–C) groups is 1. The van der Waals surface area contributed by atoms with Gasteiger partial charge in [0.05, 0.1) is 5.69 Å². The molecule has 0 N–H and O–H groups in total. The smallest absolute Gasteiger partial charge is 0.102 e. The first-order valence-corrected chi connectivity index (χ1v) is 12.1. The zero-order valence-electron chi connectivity index (χ0n) is 17.7. The summed E-state index contributed by atoms with van der Waals surface area (Å²) in [7, 11) is 0. The highest BCUT2D eigenvalue weighted by molar-refractivity contribution is 8.14. The van der Waals surface area contributed by atoms with Crippen molar-refractivity contribution in [2.24, 2.45) is 4.99 Å². The van der Waals surface area contributed by atoms with Crippen LogP contribution in [-0.2, 0) is 0 Å². The summed E-state index contributed by atoms with van der Waals surface area (Å²) in [5.74, 6) is 0.520. The van der Waals surface area contributed by atoms with E-state index < -0.39 is 0 Å². The predicted molar refractivity (Wildman–Crippen MR) is 139 cm³/mol. The van der Waals surface area contributed by atoms with Crippen molar-refractivity contribution in [2.45, 2.75) is 29.6 Å². The molecular weight excluding hydrogens is 414 g/mol. The van der Waals surface area contributed by atoms with Gasteiger partial charge in [-0.3, -0.25) is 0 Å². The molecule has 0 unspecified atom stereocenters. The lowest BCUT2D eigenvalue weighted by molar-refractivity contribution is 0.867. The van der Waals surface area contributed by atoms with E-state index in [1.807, 2.05) is 6.07 Å². The highest BCUT2D eigenvalue weighted by Crippen LogP contribution is 2.29. The molecule has 0 fully saturated rings. The molecule has 0 saturated carbocycles. The van der Waals surface area contributed by atoms with Gasteiger partial charge in [0.25, 0.3) is 0 Å². The molecule has 0 saturated heterocycles. The fraction of sp³-hybridized carbons (Fsp3) is 0.107. The predicted octanol–water partition coefficient (Wildman–Crippen LogP) is 9.09. The van der Waals surface area contributed by atoms with Crippen LogP contribution in [-0.4, -0.2) is 5.04 Å². The van der Waals surface area contributed by atoms with Crippen LogP contribution in [0.5, 0.6) is 0 Å². The van der Waals surface area contributed by atoms with Crippen LogP contribution in [0, 0.1) is 0 Å². The van der Waals surface area contributed by atoms with Gasteiger partial charge in [-0.25, -0.2) is 4.99 Å². The molecule has 1 nitrogen and oxygen atoms in total. The number of rotatable bonds is 6. The molecular formula is C28H25NS2. The van der Waals surface area contributed by atoms with E-state index in [1.54, 1.807) is 23.5 Å². The topological polar surface area (TPSA) is 12.4 Å². The van der Waals surface area contributed by atoms with Crippen LogP contribution in [0.3, 0.4) is 0 Å². The summed E-state index contributed by atoms with van der Waals surface area (Å²) in [6, 6.07) is 34.0. The van der Waals surface area contributed by atoms with Crippen LogP contribution in [0.4, 0.5) is 5.69 Å². The summed E-state index contributed by atoms with van der Waals surface area (Å²) >= 11 is 3.40. The highest BCUT2D eigenvalue weighted by atomic mass is 32.2. The van der Waals surface area contributed by atoms with Crippen LogP contribution >= 0.6 is 23.5 Å². The second-order valence-electron chi connectivity index (χ2n) is 7.54. The van der Waals surface area contributed by atoms with Crippen molar-refractivity contribution in [1.29, 1.82) is 0 Å². The molecule has 0 amide bonds. The van der Waals surface area contributed by atoms with Gasteiger partial charge in [0.15, 0.2) is 0 Å². The summed E-state index contributed by atoms with van der Waals surface area (Å²) in [5.41, 5.74) is 2.31. The summed E-state index contributed by atoms with van der Waals surface area (Å²) in [4.78, 5) is 7.35. The molecule has 0 radical (unpaired) electrons. The highest BCUT2D eigenvalue weighted by Gasteiger charge is 2.04. The normalized spacial score (nSPS) is 12.2. The monoisotopic (exact) mass is 439 g/mol. The van der Waals surface area contributed by atoms with E-state index in [0.717, 1.165) is 10.7 Å². The first-order valence-electron chi connectivity index (χ1n) is 10.4. The maximum absolute atomic E-state index is 4.95. The van der Waals surface area contributed by atoms with Crippen LogP contribution in [0.2, 0.25) is 0 Å². The van der Waals surface area contributed by atoms with Gasteiger partial charge in [-0.05, 0) is 70.1 Å². The van der Waals surface area contributed by atoms with Crippen molar-refractivity contribution >= 4 is 45.0 Å². The van der Waals surface area contributed by atoms with E-state index in [9.17, 15) is 0 Å². The van der Waals surface area contributed by atoms with E-state index >= 15 is 0 Å². The third-order valence-corrected chi connectivity index (χ3v) is 6.64. The molecule has 0 heterocycles. The molecule has 4 aromatic carbocycles. The zero-order valence-corrected chi connectivity index (χ0v) is 19.4. The molecule has 4 aromatic rings. The first kappa shape index (κ1) is 21.5. The second kappa shape index (κ2) is 10.5. The Hall–Kier alpha value is -2.75.